The van der Waals surface area contributed by atoms with Crippen molar-refractivity contribution in [1.29, 1.82) is 0 Å². The predicted octanol–water partition coefficient (Wildman–Crippen LogP) is 2.83. The molecule has 0 spiro atoms. The Balaban J connectivity index is 1.73. The predicted molar refractivity (Wildman–Crippen MR) is 108 cm³/mol. The lowest BCUT2D eigenvalue weighted by Gasteiger charge is -2.36. The molecule has 0 unspecified atom stereocenters. The fraction of sp³-hybridized carbons (Fsp3) is 0.350. The molecule has 3 rings (SSSR count). The summed E-state index contributed by atoms with van der Waals surface area (Å²) in [6, 6.07) is 5.02. The first kappa shape index (κ1) is 20.8. The molecule has 29 heavy (non-hydrogen) atoms. The van der Waals surface area contributed by atoms with Crippen molar-refractivity contribution in [2.24, 2.45) is 10.7 Å². The Labute approximate surface area is 167 Å². The number of hydrogen-bond donors (Lipinski definition) is 1. The summed E-state index contributed by atoms with van der Waals surface area (Å²) in [5, 5.41) is 0. The highest BCUT2D eigenvalue weighted by Gasteiger charge is 2.30. The number of aromatic nitrogens is 2. The number of hydrogen-bond acceptors (Lipinski definition) is 6. The van der Waals surface area contributed by atoms with Crippen LogP contribution in [0.25, 0.3) is 11.3 Å². The minimum Gasteiger partial charge on any atom is -0.404 e. The Kier molecular flexibility index (Phi) is 6.48. The van der Waals surface area contributed by atoms with Gasteiger partial charge in [-0.15, -0.1) is 0 Å². The summed E-state index contributed by atoms with van der Waals surface area (Å²) in [4.78, 5) is 17.2. The van der Waals surface area contributed by atoms with E-state index in [-0.39, 0.29) is 0 Å². The zero-order valence-electron chi connectivity index (χ0n) is 16.1. The van der Waals surface area contributed by atoms with Crippen LogP contribution in [-0.4, -0.2) is 60.9 Å². The number of aliphatic imine (C=N–C) groups is 1. The van der Waals surface area contributed by atoms with E-state index >= 15 is 0 Å². The van der Waals surface area contributed by atoms with Gasteiger partial charge < -0.3 is 10.6 Å². The van der Waals surface area contributed by atoms with E-state index in [0.717, 1.165) is 43.9 Å². The van der Waals surface area contributed by atoms with E-state index in [1.165, 1.54) is 12.1 Å². The minimum atomic E-state index is -4.36. The third-order valence-electron chi connectivity index (χ3n) is 4.75. The summed E-state index contributed by atoms with van der Waals surface area (Å²) in [6.07, 6.45) is 2.10. The van der Waals surface area contributed by atoms with Crippen LogP contribution >= 0.6 is 0 Å². The van der Waals surface area contributed by atoms with Gasteiger partial charge in [-0.3, -0.25) is 14.9 Å². The molecule has 1 aromatic heterocycles. The van der Waals surface area contributed by atoms with Crippen LogP contribution in [0.15, 0.2) is 53.4 Å². The standard InChI is InChI=1S/C20H23F3N6/c1-25-13-15(12-24)14-28-8-10-29(11-9-28)19-18(26-6-7-27-19)16-2-4-17(5-3-16)20(21,22)23/h2-7,12-13H,8-11,14,24H2,1H3/b15-12+,25-13?. The third-order valence-corrected chi connectivity index (χ3v) is 4.75. The number of piperazine rings is 1. The second kappa shape index (κ2) is 9.04. The molecular weight excluding hydrogens is 381 g/mol. The molecule has 154 valence electrons. The van der Waals surface area contributed by atoms with Crippen molar-refractivity contribution in [2.75, 3.05) is 44.7 Å². The van der Waals surface area contributed by atoms with E-state index in [1.54, 1.807) is 31.9 Å². The van der Waals surface area contributed by atoms with Crippen LogP contribution in [-0.2, 0) is 6.18 Å². The van der Waals surface area contributed by atoms with Crippen molar-refractivity contribution in [1.82, 2.24) is 14.9 Å². The molecule has 0 bridgehead atoms. The summed E-state index contributed by atoms with van der Waals surface area (Å²) in [6.45, 7) is 3.78. The van der Waals surface area contributed by atoms with Crippen molar-refractivity contribution in [2.45, 2.75) is 6.18 Å². The average Bonchev–Trinajstić information content (AvgIpc) is 2.73. The van der Waals surface area contributed by atoms with Gasteiger partial charge in [-0.05, 0) is 23.9 Å². The lowest BCUT2D eigenvalue weighted by atomic mass is 10.1. The third kappa shape index (κ3) is 5.11. The van der Waals surface area contributed by atoms with E-state index in [1.807, 2.05) is 0 Å². The van der Waals surface area contributed by atoms with Gasteiger partial charge in [0.2, 0.25) is 0 Å². The molecule has 2 aromatic rings. The van der Waals surface area contributed by atoms with Crippen LogP contribution in [0.4, 0.5) is 19.0 Å². The molecular formula is C20H23F3N6. The number of alkyl halides is 3. The minimum absolute atomic E-state index is 0.579. The summed E-state index contributed by atoms with van der Waals surface area (Å²) in [5.74, 6) is 0.677. The van der Waals surface area contributed by atoms with Crippen LogP contribution in [0.5, 0.6) is 0 Å². The number of benzene rings is 1. The lowest BCUT2D eigenvalue weighted by Crippen LogP contribution is -2.47. The van der Waals surface area contributed by atoms with Gasteiger partial charge in [0.25, 0.3) is 0 Å². The lowest BCUT2D eigenvalue weighted by molar-refractivity contribution is -0.137. The molecule has 1 aromatic carbocycles. The number of nitrogens with zero attached hydrogens (tertiary/aromatic N) is 5. The molecule has 1 saturated heterocycles. The monoisotopic (exact) mass is 404 g/mol. The van der Waals surface area contributed by atoms with Gasteiger partial charge >= 0.3 is 6.18 Å². The number of rotatable bonds is 5. The van der Waals surface area contributed by atoms with Gasteiger partial charge in [-0.2, -0.15) is 13.2 Å². The van der Waals surface area contributed by atoms with Gasteiger partial charge in [0.1, 0.15) is 5.69 Å². The number of anilines is 1. The van der Waals surface area contributed by atoms with E-state index < -0.39 is 11.7 Å². The van der Waals surface area contributed by atoms with Crippen LogP contribution < -0.4 is 10.6 Å². The average molecular weight is 404 g/mol. The number of halogens is 3. The Morgan fingerprint density at radius 3 is 2.34 bits per heavy atom. The maximum absolute atomic E-state index is 12.8. The number of nitrogens with two attached hydrogens (primary N) is 1. The fourth-order valence-electron chi connectivity index (χ4n) is 3.26. The van der Waals surface area contributed by atoms with Crippen molar-refractivity contribution >= 4 is 12.0 Å². The Morgan fingerprint density at radius 2 is 1.76 bits per heavy atom. The molecule has 9 heteroatoms. The molecule has 1 aliphatic heterocycles. The van der Waals surface area contributed by atoms with Gasteiger partial charge in [-0.25, -0.2) is 4.98 Å². The van der Waals surface area contributed by atoms with Gasteiger partial charge in [-0.1, -0.05) is 12.1 Å². The molecule has 1 aliphatic rings. The molecule has 1 fully saturated rings. The maximum Gasteiger partial charge on any atom is 0.416 e. The van der Waals surface area contributed by atoms with E-state index in [2.05, 4.69) is 24.8 Å². The summed E-state index contributed by atoms with van der Waals surface area (Å²) >= 11 is 0. The van der Waals surface area contributed by atoms with E-state index in [0.29, 0.717) is 23.6 Å². The quantitative estimate of drug-likeness (QED) is 0.776. The largest absolute Gasteiger partial charge is 0.416 e. The second-order valence-electron chi connectivity index (χ2n) is 6.70. The highest BCUT2D eigenvalue weighted by atomic mass is 19.4. The first-order valence-electron chi connectivity index (χ1n) is 9.21. The van der Waals surface area contributed by atoms with Crippen molar-refractivity contribution in [3.05, 3.63) is 54.0 Å². The topological polar surface area (TPSA) is 70.6 Å². The summed E-state index contributed by atoms with van der Waals surface area (Å²) in [7, 11) is 1.71. The molecule has 2 heterocycles. The highest BCUT2D eigenvalue weighted by molar-refractivity contribution is 5.78. The van der Waals surface area contributed by atoms with Gasteiger partial charge in [0.15, 0.2) is 5.82 Å². The fourth-order valence-corrected chi connectivity index (χ4v) is 3.26. The van der Waals surface area contributed by atoms with E-state index in [9.17, 15) is 13.2 Å². The van der Waals surface area contributed by atoms with E-state index in [4.69, 9.17) is 5.73 Å². The van der Waals surface area contributed by atoms with Crippen LogP contribution in [0.1, 0.15) is 5.56 Å². The molecule has 0 amide bonds. The first-order chi connectivity index (χ1) is 13.9. The summed E-state index contributed by atoms with van der Waals surface area (Å²) in [5.41, 5.74) is 7.09. The van der Waals surface area contributed by atoms with Gasteiger partial charge in [0, 0.05) is 63.9 Å². The molecule has 0 aliphatic carbocycles. The Morgan fingerprint density at radius 1 is 1.10 bits per heavy atom. The summed E-state index contributed by atoms with van der Waals surface area (Å²) < 4.78 is 38.5. The van der Waals surface area contributed by atoms with Crippen molar-refractivity contribution < 1.29 is 13.2 Å². The Hall–Kier alpha value is -2.94. The van der Waals surface area contributed by atoms with Crippen LogP contribution in [0.2, 0.25) is 0 Å². The van der Waals surface area contributed by atoms with Crippen LogP contribution in [0, 0.1) is 0 Å². The molecule has 0 radical (unpaired) electrons. The van der Waals surface area contributed by atoms with Crippen molar-refractivity contribution in [3.8, 4) is 11.3 Å². The second-order valence-corrected chi connectivity index (χ2v) is 6.70. The maximum atomic E-state index is 12.8. The molecule has 0 saturated carbocycles. The van der Waals surface area contributed by atoms with Crippen molar-refractivity contribution in [3.63, 3.8) is 0 Å². The molecule has 6 nitrogen and oxygen atoms in total. The SMILES string of the molecule is CN=C/C(=C\N)CN1CCN(c2nccnc2-c2ccc(C(F)(F)F)cc2)CC1. The molecule has 2 N–H and O–H groups in total. The normalized spacial score (nSPS) is 16.6. The zero-order valence-corrected chi connectivity index (χ0v) is 16.1. The van der Waals surface area contributed by atoms with Crippen LogP contribution in [0.3, 0.4) is 0 Å². The molecule has 0 atom stereocenters. The first-order valence-corrected chi connectivity index (χ1v) is 9.21. The smallest absolute Gasteiger partial charge is 0.404 e. The zero-order chi connectivity index (χ0) is 20.9. The highest BCUT2D eigenvalue weighted by Crippen LogP contribution is 2.32. The Bertz CT molecular complexity index is 869. The van der Waals surface area contributed by atoms with Gasteiger partial charge in [0.05, 0.1) is 5.56 Å².